The normalized spacial score (nSPS) is 24.9. The number of imidazole rings is 1. The maximum absolute atomic E-state index is 14.3. The average Bonchev–Trinajstić information content (AvgIpc) is 2.58. The number of primary amides is 1. The minimum absolute atomic E-state index is 0.00470. The van der Waals surface area contributed by atoms with Crippen LogP contribution in [0.3, 0.4) is 0 Å². The van der Waals surface area contributed by atoms with E-state index in [1.165, 1.54) is 45.1 Å². The van der Waals surface area contributed by atoms with Gasteiger partial charge in [-0.2, -0.15) is 11.8 Å². The van der Waals surface area contributed by atoms with Crippen LogP contribution >= 0.6 is 11.8 Å². The Morgan fingerprint density at radius 2 is 1.17 bits per heavy atom. The topological polar surface area (TPSA) is 514 Å². The lowest BCUT2D eigenvalue weighted by molar-refractivity contribution is -0.139. The number of rotatable bonds is 19. The number of nitrogens with two attached hydrogens (primary N) is 3. The Kier molecular flexibility index (Phi) is 31.6. The number of aromatic nitrogens is 2. The molecule has 0 aromatic carbocycles. The van der Waals surface area contributed by atoms with Crippen molar-refractivity contribution in [1.82, 2.24) is 68.5 Å². The predicted octanol–water partition coefficient (Wildman–Crippen LogP) is -4.84. The molecule has 1 fully saturated rings. The summed E-state index contributed by atoms with van der Waals surface area (Å²) in [5.74, 6) is -13.1. The second kappa shape index (κ2) is 36.7. The van der Waals surface area contributed by atoms with Gasteiger partial charge >= 0.3 is 5.97 Å². The number of thioether (sulfide) groups is 1. The number of nitrogens with one attached hydrogen (secondary N) is 12. The summed E-state index contributed by atoms with van der Waals surface area (Å²) in [4.78, 5) is 188. The highest BCUT2D eigenvalue weighted by atomic mass is 32.2. The fourth-order valence-electron chi connectivity index (χ4n) is 8.53. The summed E-state index contributed by atoms with van der Waals surface area (Å²) in [6.07, 6.45) is 0.0749. The van der Waals surface area contributed by atoms with Crippen molar-refractivity contribution in [3.8, 4) is 0 Å². The summed E-state index contributed by atoms with van der Waals surface area (Å²) in [5, 5.41) is 48.1. The van der Waals surface area contributed by atoms with E-state index in [2.05, 4.69) is 73.4 Å². The van der Waals surface area contributed by atoms with E-state index in [1.54, 1.807) is 34.0 Å². The number of aliphatic carboxylic acids is 1. The quantitative estimate of drug-likeness (QED) is 0.0351. The van der Waals surface area contributed by atoms with Crippen molar-refractivity contribution in [2.24, 2.45) is 34.0 Å². The van der Waals surface area contributed by atoms with Crippen LogP contribution in [0.25, 0.3) is 0 Å². The Labute approximate surface area is 503 Å². The van der Waals surface area contributed by atoms with Crippen molar-refractivity contribution in [1.29, 1.82) is 0 Å². The molecule has 86 heavy (non-hydrogen) atoms. The zero-order valence-electron chi connectivity index (χ0n) is 50.2. The molecule has 33 heteroatoms. The number of carboxylic acid groups (broad SMARTS) is 1. The standard InChI is InChI=1S/C53H89N17O15S/c1-26(2)20-34-43(77)58-17-11-13-39(73)70-53(7,8)51(85)69-41(29(6)71)50(84)64-32(14-15-40(74)75)46(80)62-31(12-10-18-59-52(55)56)45(79)63-33(16-19-86-9)44(78)61-28(5)42(76)65-35(21-27(3)4)47(81)67-36(22-30-24-57-25-60-30)48(82)68-37(23-38(54)72)49(83)66-34/h24-29,31-37,41,71H,10-23H2,1-9H3,(H2,54,72)(H,57,60)(H,58,77)(H,61,78)(H,62,80)(H,63,79)(H,64,84)(H,65,76)(H,66,83)(H,67,81)(H,68,82)(H,69,85)(H,70,73)(H,74,75)(H4,55,56,59)/t28-,29+,31-,32-,33-,34-,35-,36-,37-,41-/m0/s1. The Morgan fingerprint density at radius 1 is 0.674 bits per heavy atom. The third-order valence-corrected chi connectivity index (χ3v) is 13.8. The Balaban J connectivity index is 2.76. The van der Waals surface area contributed by atoms with Crippen molar-refractivity contribution in [3.05, 3.63) is 18.2 Å². The number of carbonyl (C=O) groups is 13. The summed E-state index contributed by atoms with van der Waals surface area (Å²) >= 11 is 1.31. The molecular formula is C53H89N17O15S. The number of hydrogen-bond acceptors (Lipinski definition) is 17. The first-order valence-electron chi connectivity index (χ1n) is 28.3. The minimum atomic E-state index is -1.82. The molecule has 0 aliphatic carbocycles. The van der Waals surface area contributed by atoms with Crippen LogP contribution in [0, 0.1) is 11.8 Å². The SMILES string of the molecule is CSCC[C@@H]1NC(=O)[C@H](CCCN=C(N)N)NC(=O)[C@H](CCC(=O)O)NC(=O)[C@H]([C@@H](C)O)NC(=O)C(C)(C)NC(=O)CCCNC(=O)[C@H](CC(C)C)NC(=O)[C@H](CC(N)=O)NC(=O)[C@H](Cc2cnc[nH]2)NC(=O)[C@H](CC(C)C)NC(=O)[C@H](C)NC1=O. The minimum Gasteiger partial charge on any atom is -0.481 e. The number of carboxylic acids is 1. The molecule has 1 aromatic rings. The van der Waals surface area contributed by atoms with Crippen LogP contribution in [-0.2, 0) is 68.7 Å². The van der Waals surface area contributed by atoms with Gasteiger partial charge < -0.3 is 90.9 Å². The third-order valence-electron chi connectivity index (χ3n) is 13.1. The van der Waals surface area contributed by atoms with Gasteiger partial charge in [0.2, 0.25) is 70.9 Å². The van der Waals surface area contributed by atoms with E-state index in [4.69, 9.17) is 17.2 Å². The van der Waals surface area contributed by atoms with Crippen LogP contribution < -0.4 is 75.7 Å². The fraction of sp³-hybridized carbons (Fsp3) is 0.679. The highest BCUT2D eigenvalue weighted by Crippen LogP contribution is 2.13. The first-order valence-corrected chi connectivity index (χ1v) is 29.7. The second-order valence-corrected chi connectivity index (χ2v) is 23.3. The van der Waals surface area contributed by atoms with E-state index < -0.39 is 162 Å². The molecule has 32 nitrogen and oxygen atoms in total. The molecule has 2 heterocycles. The first-order chi connectivity index (χ1) is 40.2. The van der Waals surface area contributed by atoms with Gasteiger partial charge in [-0.05, 0) is 96.5 Å². The molecule has 0 saturated carbocycles. The number of amides is 12. The van der Waals surface area contributed by atoms with Gasteiger partial charge in [-0.25, -0.2) is 4.98 Å². The molecule has 20 N–H and O–H groups in total. The molecular weight excluding hydrogens is 1150 g/mol. The summed E-state index contributed by atoms with van der Waals surface area (Å²) in [7, 11) is 0. The smallest absolute Gasteiger partial charge is 0.303 e. The Bertz CT molecular complexity index is 2540. The highest BCUT2D eigenvalue weighted by Gasteiger charge is 2.38. The van der Waals surface area contributed by atoms with Crippen molar-refractivity contribution >= 4 is 94.6 Å². The van der Waals surface area contributed by atoms with Crippen LogP contribution in [-0.4, -0.2) is 194 Å². The highest BCUT2D eigenvalue weighted by molar-refractivity contribution is 7.98. The third kappa shape index (κ3) is 27.3. The zero-order valence-corrected chi connectivity index (χ0v) is 51.0. The number of carbonyl (C=O) groups excluding carboxylic acids is 12. The van der Waals surface area contributed by atoms with Gasteiger partial charge in [0, 0.05) is 44.2 Å². The summed E-state index contributed by atoms with van der Waals surface area (Å²) in [6, 6.07) is -13.6. The Hall–Kier alpha value is -8.10. The van der Waals surface area contributed by atoms with Crippen LogP contribution in [0.15, 0.2) is 17.5 Å². The number of nitrogens with zero attached hydrogens (tertiary/aromatic N) is 2. The van der Waals surface area contributed by atoms with Crippen LogP contribution in [0.2, 0.25) is 0 Å². The van der Waals surface area contributed by atoms with Crippen molar-refractivity contribution < 1.29 is 72.5 Å². The van der Waals surface area contributed by atoms with E-state index in [9.17, 15) is 72.5 Å². The van der Waals surface area contributed by atoms with E-state index >= 15 is 0 Å². The zero-order chi connectivity index (χ0) is 65.0. The molecule has 1 aromatic heterocycles. The molecule has 482 valence electrons. The number of aromatic amines is 1. The van der Waals surface area contributed by atoms with Gasteiger partial charge in [0.25, 0.3) is 0 Å². The molecule has 2 rings (SSSR count). The average molecular weight is 1240 g/mol. The van der Waals surface area contributed by atoms with E-state index in [-0.39, 0.29) is 88.0 Å². The number of aliphatic hydroxyl groups excluding tert-OH is 1. The van der Waals surface area contributed by atoms with E-state index in [1.807, 2.05) is 0 Å². The maximum atomic E-state index is 14.3. The number of guanidine groups is 1. The Morgan fingerprint density at radius 3 is 1.72 bits per heavy atom. The molecule has 0 radical (unpaired) electrons. The summed E-state index contributed by atoms with van der Waals surface area (Å²) in [6.45, 7) is 11.9. The van der Waals surface area contributed by atoms with E-state index in [0.29, 0.717) is 5.69 Å². The lowest BCUT2D eigenvalue weighted by atomic mass is 10.0. The molecule has 0 unspecified atom stereocenters. The van der Waals surface area contributed by atoms with Crippen molar-refractivity contribution in [3.63, 3.8) is 0 Å². The molecule has 12 amide bonds. The van der Waals surface area contributed by atoms with Crippen molar-refractivity contribution in [2.45, 2.75) is 192 Å². The lowest BCUT2D eigenvalue weighted by Gasteiger charge is -2.30. The van der Waals surface area contributed by atoms with Gasteiger partial charge in [0.15, 0.2) is 5.96 Å². The number of aliphatic hydroxyl groups is 1. The predicted molar refractivity (Wildman–Crippen MR) is 314 cm³/mol. The second-order valence-electron chi connectivity index (χ2n) is 22.3. The number of aliphatic imine (C=N–C) groups is 1. The molecule has 0 spiro atoms. The van der Waals surface area contributed by atoms with Gasteiger partial charge in [-0.3, -0.25) is 67.3 Å². The van der Waals surface area contributed by atoms with Gasteiger partial charge in [-0.15, -0.1) is 0 Å². The fourth-order valence-corrected chi connectivity index (χ4v) is 9.00. The molecule has 1 saturated heterocycles. The van der Waals surface area contributed by atoms with E-state index in [0.717, 1.165) is 6.92 Å². The lowest BCUT2D eigenvalue weighted by Crippen LogP contribution is -2.63. The molecule has 10 atom stereocenters. The number of H-pyrrole nitrogens is 1. The van der Waals surface area contributed by atoms with Gasteiger partial charge in [0.1, 0.15) is 59.9 Å². The largest absolute Gasteiger partial charge is 0.481 e. The number of hydrogen-bond donors (Lipinski definition) is 17. The van der Waals surface area contributed by atoms with Gasteiger partial charge in [-0.1, -0.05) is 27.7 Å². The first kappa shape index (κ1) is 74.0. The molecule has 1 aliphatic heterocycles. The molecule has 1 aliphatic rings. The van der Waals surface area contributed by atoms with Crippen LogP contribution in [0.5, 0.6) is 0 Å². The summed E-state index contributed by atoms with van der Waals surface area (Å²) < 4.78 is 0. The molecule has 0 bridgehead atoms. The maximum Gasteiger partial charge on any atom is 0.303 e. The van der Waals surface area contributed by atoms with Gasteiger partial charge in [0.05, 0.1) is 18.9 Å². The van der Waals surface area contributed by atoms with Crippen LogP contribution in [0.4, 0.5) is 0 Å². The van der Waals surface area contributed by atoms with Crippen molar-refractivity contribution in [2.75, 3.05) is 25.1 Å². The monoisotopic (exact) mass is 1240 g/mol. The van der Waals surface area contributed by atoms with Crippen LogP contribution in [0.1, 0.15) is 125 Å². The summed E-state index contributed by atoms with van der Waals surface area (Å²) in [5.41, 5.74) is 15.1.